The Hall–Kier alpha value is -3.46. The first-order valence-electron chi connectivity index (χ1n) is 7.88. The third-order valence-electron chi connectivity index (χ3n) is 3.55. The van der Waals surface area contributed by atoms with Gasteiger partial charge in [-0.2, -0.15) is 0 Å². The van der Waals surface area contributed by atoms with Gasteiger partial charge in [0.1, 0.15) is 16.5 Å². The number of nitro benzene ring substituents is 1. The monoisotopic (exact) mass is 401 g/mol. The van der Waals surface area contributed by atoms with Gasteiger partial charge in [-0.25, -0.2) is 14.0 Å². The molecule has 0 saturated carbocycles. The molecule has 3 aromatic rings. The molecule has 0 saturated heterocycles. The van der Waals surface area contributed by atoms with Gasteiger partial charge in [0.25, 0.3) is 5.69 Å². The molecule has 0 spiro atoms. The predicted octanol–water partition coefficient (Wildman–Crippen LogP) is 4.37. The summed E-state index contributed by atoms with van der Waals surface area (Å²) in [6.07, 6.45) is 0. The topological polar surface area (TPSA) is 99.6 Å². The number of halogens is 1. The number of hydrogen-bond acceptors (Lipinski definition) is 7. The fourth-order valence-electron chi connectivity index (χ4n) is 2.24. The second kappa shape index (κ2) is 8.05. The van der Waals surface area contributed by atoms with E-state index in [1.807, 2.05) is 0 Å². The molecule has 2 aromatic carbocycles. The molecule has 0 aliphatic carbocycles. The minimum atomic E-state index is -0.768. The number of nitrogens with zero attached hydrogens (tertiary/aromatic N) is 1. The van der Waals surface area contributed by atoms with Crippen LogP contribution in [-0.4, -0.2) is 10.9 Å². The van der Waals surface area contributed by atoms with Crippen molar-refractivity contribution in [2.75, 3.05) is 0 Å². The lowest BCUT2D eigenvalue weighted by molar-refractivity contribution is -0.384. The van der Waals surface area contributed by atoms with Gasteiger partial charge in [-0.15, -0.1) is 0 Å². The smallest absolute Gasteiger partial charge is 0.353 e. The summed E-state index contributed by atoms with van der Waals surface area (Å²) in [4.78, 5) is 35.3. The highest BCUT2D eigenvalue weighted by atomic mass is 32.2. The Morgan fingerprint density at radius 3 is 2.39 bits per heavy atom. The highest BCUT2D eigenvalue weighted by Gasteiger charge is 2.18. The van der Waals surface area contributed by atoms with Gasteiger partial charge in [0.2, 0.25) is 0 Å². The quantitative estimate of drug-likeness (QED) is 0.356. The number of ether oxygens (including phenoxy) is 1. The summed E-state index contributed by atoms with van der Waals surface area (Å²) in [5, 5.41) is 10.7. The second-order valence-electron chi connectivity index (χ2n) is 5.59. The summed E-state index contributed by atoms with van der Waals surface area (Å²) in [7, 11) is 0. The van der Waals surface area contributed by atoms with E-state index in [0.29, 0.717) is 4.90 Å². The van der Waals surface area contributed by atoms with E-state index >= 15 is 0 Å². The molecular formula is C19H12FNO6S. The SMILES string of the molecule is Cc1cc(OC(=O)c2ccc(F)cc2)c(Sc2ccc([N+](=O)[O-])cc2)c(=O)o1. The van der Waals surface area contributed by atoms with E-state index in [-0.39, 0.29) is 27.7 Å². The lowest BCUT2D eigenvalue weighted by Crippen LogP contribution is -2.13. The van der Waals surface area contributed by atoms with Crippen molar-refractivity contribution in [1.29, 1.82) is 0 Å². The number of rotatable bonds is 5. The summed E-state index contributed by atoms with van der Waals surface area (Å²) in [6.45, 7) is 1.52. The zero-order valence-corrected chi connectivity index (χ0v) is 15.2. The van der Waals surface area contributed by atoms with Crippen LogP contribution in [0.1, 0.15) is 16.1 Å². The van der Waals surface area contributed by atoms with E-state index in [0.717, 1.165) is 23.9 Å². The van der Waals surface area contributed by atoms with Crippen molar-refractivity contribution in [1.82, 2.24) is 0 Å². The second-order valence-corrected chi connectivity index (χ2v) is 6.67. The summed E-state index contributed by atoms with van der Waals surface area (Å²) in [5.41, 5.74) is -0.702. The average molecular weight is 401 g/mol. The van der Waals surface area contributed by atoms with Crippen molar-refractivity contribution < 1.29 is 23.3 Å². The highest BCUT2D eigenvalue weighted by molar-refractivity contribution is 7.99. The van der Waals surface area contributed by atoms with Crippen LogP contribution in [0.15, 0.2) is 73.6 Å². The minimum Gasteiger partial charge on any atom is -0.427 e. The first-order valence-corrected chi connectivity index (χ1v) is 8.70. The number of benzene rings is 2. The zero-order chi connectivity index (χ0) is 20.3. The number of non-ortho nitro benzene ring substituents is 1. The van der Waals surface area contributed by atoms with Crippen LogP contribution in [-0.2, 0) is 0 Å². The van der Waals surface area contributed by atoms with Crippen molar-refractivity contribution in [3.05, 3.63) is 92.3 Å². The van der Waals surface area contributed by atoms with Crippen molar-refractivity contribution in [3.63, 3.8) is 0 Å². The molecule has 142 valence electrons. The Bertz CT molecular complexity index is 1090. The van der Waals surface area contributed by atoms with Gasteiger partial charge in [-0.05, 0) is 43.3 Å². The summed E-state index contributed by atoms with van der Waals surface area (Å²) in [5.74, 6) is -1.05. The van der Waals surface area contributed by atoms with Crippen LogP contribution in [0, 0.1) is 22.9 Å². The van der Waals surface area contributed by atoms with Crippen LogP contribution >= 0.6 is 11.8 Å². The summed E-state index contributed by atoms with van der Waals surface area (Å²) >= 11 is 0.944. The van der Waals surface area contributed by atoms with E-state index in [9.17, 15) is 24.1 Å². The molecule has 7 nitrogen and oxygen atoms in total. The molecule has 0 atom stereocenters. The zero-order valence-electron chi connectivity index (χ0n) is 14.4. The summed E-state index contributed by atoms with van der Waals surface area (Å²) in [6, 6.07) is 11.7. The number of hydrogen-bond donors (Lipinski definition) is 0. The highest BCUT2D eigenvalue weighted by Crippen LogP contribution is 2.34. The van der Waals surface area contributed by atoms with Gasteiger partial charge in [0.05, 0.1) is 10.5 Å². The molecule has 0 aliphatic rings. The maximum Gasteiger partial charge on any atom is 0.353 e. The Morgan fingerprint density at radius 2 is 1.79 bits per heavy atom. The van der Waals surface area contributed by atoms with Gasteiger partial charge in [-0.3, -0.25) is 10.1 Å². The molecule has 1 heterocycles. The lowest BCUT2D eigenvalue weighted by Gasteiger charge is -2.09. The molecule has 0 fully saturated rings. The number of nitro groups is 1. The number of aryl methyl sites for hydroxylation is 1. The van der Waals surface area contributed by atoms with Crippen molar-refractivity contribution >= 4 is 23.4 Å². The van der Waals surface area contributed by atoms with E-state index in [4.69, 9.17) is 9.15 Å². The first-order chi connectivity index (χ1) is 13.3. The molecule has 3 rings (SSSR count). The van der Waals surface area contributed by atoms with Crippen LogP contribution in [0.25, 0.3) is 0 Å². The molecule has 0 unspecified atom stereocenters. The molecule has 0 bridgehead atoms. The fourth-order valence-corrected chi connectivity index (χ4v) is 3.07. The maximum atomic E-state index is 13.0. The third-order valence-corrected chi connectivity index (χ3v) is 4.63. The average Bonchev–Trinajstić information content (AvgIpc) is 2.65. The molecular weight excluding hydrogens is 389 g/mol. The first kappa shape index (κ1) is 19.3. The molecule has 0 amide bonds. The van der Waals surface area contributed by atoms with Crippen LogP contribution in [0.4, 0.5) is 10.1 Å². The van der Waals surface area contributed by atoms with Crippen LogP contribution in [0.3, 0.4) is 0 Å². The Balaban J connectivity index is 1.91. The molecule has 9 heteroatoms. The van der Waals surface area contributed by atoms with Crippen molar-refractivity contribution in [3.8, 4) is 5.75 Å². The Morgan fingerprint density at radius 1 is 1.14 bits per heavy atom. The number of carbonyl (C=O) groups is 1. The fraction of sp³-hybridized carbons (Fsp3) is 0.0526. The summed E-state index contributed by atoms with van der Waals surface area (Å²) < 4.78 is 23.4. The van der Waals surface area contributed by atoms with E-state index in [1.165, 1.54) is 49.4 Å². The number of esters is 1. The molecule has 0 aliphatic heterocycles. The van der Waals surface area contributed by atoms with E-state index < -0.39 is 22.3 Å². The van der Waals surface area contributed by atoms with Crippen LogP contribution in [0.5, 0.6) is 5.75 Å². The van der Waals surface area contributed by atoms with Gasteiger partial charge < -0.3 is 9.15 Å². The minimum absolute atomic E-state index is 0.00918. The molecule has 0 N–H and O–H groups in total. The normalized spacial score (nSPS) is 10.5. The number of carbonyl (C=O) groups excluding carboxylic acids is 1. The Kier molecular flexibility index (Phi) is 5.55. The largest absolute Gasteiger partial charge is 0.427 e. The molecule has 1 aromatic heterocycles. The van der Waals surface area contributed by atoms with Gasteiger partial charge in [0, 0.05) is 23.1 Å². The standard InChI is InChI=1S/C19H12FNO6S/c1-11-10-16(27-18(22)12-2-4-13(20)5-3-12)17(19(23)26-11)28-15-8-6-14(7-9-15)21(24)25/h2-10H,1H3. The predicted molar refractivity (Wildman–Crippen MR) is 98.3 cm³/mol. The third kappa shape index (κ3) is 4.44. The van der Waals surface area contributed by atoms with Crippen molar-refractivity contribution in [2.45, 2.75) is 16.7 Å². The maximum absolute atomic E-state index is 13.0. The van der Waals surface area contributed by atoms with Crippen molar-refractivity contribution in [2.24, 2.45) is 0 Å². The molecule has 28 heavy (non-hydrogen) atoms. The van der Waals surface area contributed by atoms with Gasteiger partial charge in [-0.1, -0.05) is 11.8 Å². The van der Waals surface area contributed by atoms with Crippen LogP contribution < -0.4 is 10.4 Å². The van der Waals surface area contributed by atoms with Gasteiger partial charge in [0.15, 0.2) is 5.75 Å². The molecule has 0 radical (unpaired) electrons. The van der Waals surface area contributed by atoms with E-state index in [1.54, 1.807) is 0 Å². The lowest BCUT2D eigenvalue weighted by atomic mass is 10.2. The van der Waals surface area contributed by atoms with Gasteiger partial charge >= 0.3 is 11.6 Å². The van der Waals surface area contributed by atoms with E-state index in [2.05, 4.69) is 0 Å². The van der Waals surface area contributed by atoms with Crippen LogP contribution in [0.2, 0.25) is 0 Å². The Labute approximate surface area is 161 Å².